The van der Waals surface area contributed by atoms with Crippen LogP contribution in [0.1, 0.15) is 5.56 Å². The lowest BCUT2D eigenvalue weighted by molar-refractivity contribution is 1.43. The summed E-state index contributed by atoms with van der Waals surface area (Å²) >= 11 is 15.5. The monoisotopic (exact) mass is 390 g/mol. The van der Waals surface area contributed by atoms with E-state index in [0.29, 0.717) is 0 Å². The molecule has 3 aromatic carbocycles. The highest BCUT2D eigenvalue weighted by molar-refractivity contribution is 9.08. The van der Waals surface area contributed by atoms with E-state index < -0.39 is 0 Å². The molecule has 110 valence electrons. The lowest BCUT2D eigenvalue weighted by Crippen LogP contribution is -1.88. The first-order valence-electron chi connectivity index (χ1n) is 6.88. The molecule has 0 heterocycles. The molecule has 0 fully saturated rings. The molecule has 0 aromatic heterocycles. The minimum Gasteiger partial charge on any atom is -0.0876 e. The number of alkyl halides is 1. The van der Waals surface area contributed by atoms with E-state index in [1.165, 1.54) is 16.7 Å². The molecule has 0 saturated carbocycles. The van der Waals surface area contributed by atoms with E-state index in [1.807, 2.05) is 36.4 Å². The van der Waals surface area contributed by atoms with Gasteiger partial charge in [0.15, 0.2) is 0 Å². The van der Waals surface area contributed by atoms with Gasteiger partial charge in [0.1, 0.15) is 0 Å². The molecule has 0 aliphatic carbocycles. The molecule has 22 heavy (non-hydrogen) atoms. The molecule has 0 amide bonds. The first kappa shape index (κ1) is 15.6. The summed E-state index contributed by atoms with van der Waals surface area (Å²) in [5, 5.41) is 2.32. The van der Waals surface area contributed by atoms with Crippen molar-refractivity contribution in [3.05, 3.63) is 82.3 Å². The van der Waals surface area contributed by atoms with E-state index in [-0.39, 0.29) is 0 Å². The van der Waals surface area contributed by atoms with Crippen LogP contribution in [0.4, 0.5) is 0 Å². The topological polar surface area (TPSA) is 0 Å². The van der Waals surface area contributed by atoms with Crippen molar-refractivity contribution in [3.8, 4) is 22.3 Å². The largest absolute Gasteiger partial charge is 0.0876 e. The van der Waals surface area contributed by atoms with Crippen molar-refractivity contribution in [2.45, 2.75) is 5.33 Å². The van der Waals surface area contributed by atoms with Crippen molar-refractivity contribution >= 4 is 39.1 Å². The smallest absolute Gasteiger partial charge is 0.0406 e. The third-order valence-electron chi connectivity index (χ3n) is 3.55. The molecular formula is C19H13BrCl2. The summed E-state index contributed by atoms with van der Waals surface area (Å²) in [5.74, 6) is 0. The van der Waals surface area contributed by atoms with Gasteiger partial charge in [0, 0.05) is 15.4 Å². The van der Waals surface area contributed by atoms with Crippen LogP contribution in [0.25, 0.3) is 22.3 Å². The van der Waals surface area contributed by atoms with Crippen molar-refractivity contribution in [2.75, 3.05) is 0 Å². The summed E-state index contributed by atoms with van der Waals surface area (Å²) in [6.07, 6.45) is 0. The number of halogens is 3. The van der Waals surface area contributed by atoms with Gasteiger partial charge in [0.05, 0.1) is 0 Å². The Morgan fingerprint density at radius 2 is 1.14 bits per heavy atom. The van der Waals surface area contributed by atoms with Crippen molar-refractivity contribution in [1.29, 1.82) is 0 Å². The van der Waals surface area contributed by atoms with Crippen LogP contribution >= 0.6 is 39.1 Å². The summed E-state index contributed by atoms with van der Waals surface area (Å²) in [4.78, 5) is 0. The van der Waals surface area contributed by atoms with Crippen LogP contribution in [0.5, 0.6) is 0 Å². The maximum atomic E-state index is 6.01. The zero-order valence-corrected chi connectivity index (χ0v) is 14.8. The van der Waals surface area contributed by atoms with E-state index >= 15 is 0 Å². The maximum Gasteiger partial charge on any atom is 0.0406 e. The zero-order chi connectivity index (χ0) is 15.5. The summed E-state index contributed by atoms with van der Waals surface area (Å²) in [6.45, 7) is 0. The predicted octanol–water partition coefficient (Wildman–Crippen LogP) is 7.22. The van der Waals surface area contributed by atoms with Crippen LogP contribution in [0.15, 0.2) is 66.7 Å². The Kier molecular flexibility index (Phi) is 4.87. The molecule has 0 atom stereocenters. The molecule has 0 radical (unpaired) electrons. The van der Waals surface area contributed by atoms with Crippen LogP contribution in [-0.4, -0.2) is 0 Å². The maximum absolute atomic E-state index is 6.01. The highest BCUT2D eigenvalue weighted by atomic mass is 79.9. The molecule has 3 aromatic rings. The molecule has 0 unspecified atom stereocenters. The first-order chi connectivity index (χ1) is 10.7. The number of hydrogen-bond donors (Lipinski definition) is 0. The third-order valence-corrected chi connectivity index (χ3v) is 4.70. The average molecular weight is 392 g/mol. The fourth-order valence-corrected chi connectivity index (χ4v) is 3.02. The molecule has 0 nitrogen and oxygen atoms in total. The Balaban J connectivity index is 2.17. The van der Waals surface area contributed by atoms with Gasteiger partial charge in [-0.05, 0) is 58.1 Å². The van der Waals surface area contributed by atoms with E-state index in [9.17, 15) is 0 Å². The zero-order valence-electron chi connectivity index (χ0n) is 11.7. The Morgan fingerprint density at radius 3 is 1.64 bits per heavy atom. The van der Waals surface area contributed by atoms with Crippen LogP contribution in [0.3, 0.4) is 0 Å². The molecule has 0 bridgehead atoms. The Hall–Kier alpha value is -1.28. The first-order valence-corrected chi connectivity index (χ1v) is 8.76. The van der Waals surface area contributed by atoms with Gasteiger partial charge < -0.3 is 0 Å². The molecule has 0 spiro atoms. The van der Waals surface area contributed by atoms with Gasteiger partial charge in [0.2, 0.25) is 0 Å². The van der Waals surface area contributed by atoms with Gasteiger partial charge >= 0.3 is 0 Å². The Bertz CT molecular complexity index is 778. The normalized spacial score (nSPS) is 10.7. The minimum absolute atomic E-state index is 0.744. The van der Waals surface area contributed by atoms with Crippen LogP contribution in [0, 0.1) is 0 Å². The summed E-state index contributed by atoms with van der Waals surface area (Å²) in [5.41, 5.74) is 5.91. The number of rotatable bonds is 3. The SMILES string of the molecule is Clc1ccc(-c2ccc(CBr)cc2-c2ccc(Cl)cc2)cc1. The van der Waals surface area contributed by atoms with Crippen LogP contribution in [-0.2, 0) is 5.33 Å². The Morgan fingerprint density at radius 1 is 0.636 bits per heavy atom. The van der Waals surface area contributed by atoms with Gasteiger partial charge in [-0.25, -0.2) is 0 Å². The number of hydrogen-bond acceptors (Lipinski definition) is 0. The van der Waals surface area contributed by atoms with E-state index in [1.54, 1.807) is 0 Å². The predicted molar refractivity (Wildman–Crippen MR) is 100.0 cm³/mol. The lowest BCUT2D eigenvalue weighted by atomic mass is 9.93. The highest BCUT2D eigenvalue weighted by Crippen LogP contribution is 2.34. The van der Waals surface area contributed by atoms with E-state index in [4.69, 9.17) is 23.2 Å². The second kappa shape index (κ2) is 6.87. The standard InChI is InChI=1S/C19H13BrCl2/c20-12-13-1-10-18(14-2-6-16(21)7-3-14)19(11-13)15-4-8-17(22)9-5-15/h1-11H,12H2. The molecular weight excluding hydrogens is 379 g/mol. The molecule has 0 N–H and O–H groups in total. The second-order valence-electron chi connectivity index (χ2n) is 5.03. The molecule has 0 aliphatic rings. The van der Waals surface area contributed by atoms with Gasteiger partial charge in [-0.2, -0.15) is 0 Å². The van der Waals surface area contributed by atoms with Crippen LogP contribution < -0.4 is 0 Å². The lowest BCUT2D eigenvalue weighted by Gasteiger charge is -2.12. The van der Waals surface area contributed by atoms with Crippen LogP contribution in [0.2, 0.25) is 10.0 Å². The van der Waals surface area contributed by atoms with Crippen molar-refractivity contribution in [1.82, 2.24) is 0 Å². The van der Waals surface area contributed by atoms with Crippen molar-refractivity contribution in [3.63, 3.8) is 0 Å². The molecule has 3 rings (SSSR count). The second-order valence-corrected chi connectivity index (χ2v) is 6.46. The fraction of sp³-hybridized carbons (Fsp3) is 0.0526. The van der Waals surface area contributed by atoms with Gasteiger partial charge in [-0.1, -0.05) is 75.5 Å². The highest BCUT2D eigenvalue weighted by Gasteiger charge is 2.09. The summed E-state index contributed by atoms with van der Waals surface area (Å²) in [6, 6.07) is 22.4. The van der Waals surface area contributed by atoms with E-state index in [0.717, 1.165) is 26.5 Å². The van der Waals surface area contributed by atoms with Gasteiger partial charge in [0.25, 0.3) is 0 Å². The quantitative estimate of drug-likeness (QED) is 0.413. The molecule has 3 heteroatoms. The van der Waals surface area contributed by atoms with Gasteiger partial charge in [-0.3, -0.25) is 0 Å². The minimum atomic E-state index is 0.744. The summed E-state index contributed by atoms with van der Waals surface area (Å²) in [7, 11) is 0. The molecule has 0 aliphatic heterocycles. The Labute approximate surface area is 148 Å². The average Bonchev–Trinajstić information content (AvgIpc) is 2.56. The number of benzene rings is 3. The fourth-order valence-electron chi connectivity index (χ4n) is 2.42. The molecule has 0 saturated heterocycles. The summed E-state index contributed by atoms with van der Waals surface area (Å²) < 4.78 is 0. The van der Waals surface area contributed by atoms with E-state index in [2.05, 4.69) is 46.3 Å². The van der Waals surface area contributed by atoms with Crippen molar-refractivity contribution in [2.24, 2.45) is 0 Å². The van der Waals surface area contributed by atoms with Crippen molar-refractivity contribution < 1.29 is 0 Å². The third kappa shape index (κ3) is 3.38. The van der Waals surface area contributed by atoms with Gasteiger partial charge in [-0.15, -0.1) is 0 Å².